The second-order valence-corrected chi connectivity index (χ2v) is 14.4. The fourth-order valence-electron chi connectivity index (χ4n) is 8.69. The van der Waals surface area contributed by atoms with E-state index >= 15 is 0 Å². The van der Waals surface area contributed by atoms with Crippen LogP contribution in [0.3, 0.4) is 0 Å². The maximum atomic E-state index is 7.00. The van der Waals surface area contributed by atoms with Gasteiger partial charge >= 0.3 is 0 Å². The first-order valence-electron chi connectivity index (χ1n) is 18.0. The van der Waals surface area contributed by atoms with Crippen LogP contribution in [0, 0.1) is 0 Å². The summed E-state index contributed by atoms with van der Waals surface area (Å²) >= 11 is 0. The van der Waals surface area contributed by atoms with Crippen molar-refractivity contribution in [3.63, 3.8) is 0 Å². The average Bonchev–Trinajstić information content (AvgIpc) is 3.84. The van der Waals surface area contributed by atoms with Crippen LogP contribution in [0.15, 0.2) is 162 Å². The lowest BCUT2D eigenvalue weighted by molar-refractivity contribution is 0.650. The van der Waals surface area contributed by atoms with Gasteiger partial charge < -0.3 is 8.98 Å². The summed E-state index contributed by atoms with van der Waals surface area (Å²) in [6, 6.07) is 55.1. The molecule has 1 aliphatic rings. The van der Waals surface area contributed by atoms with Crippen molar-refractivity contribution in [2.75, 3.05) is 0 Å². The molecule has 3 aromatic heterocycles. The standard InChI is InChI=1S/C48H32N4O/c1-48(2)36-24-12-9-22-33(36)42-43(48)39(52-37-25-13-10-20-31(37)32-21-11-14-26-38(32)52)28-35-41-34(23-15-27-40(41)53-44(35)42)47-50-45(29-16-5-3-6-17-29)49-46(51-47)30-18-7-4-8-19-30/h3-28H,1-2H3. The summed E-state index contributed by atoms with van der Waals surface area (Å²) in [5.41, 5.74) is 12.6. The molecule has 5 heteroatoms. The van der Waals surface area contributed by atoms with Gasteiger partial charge in [0, 0.05) is 49.2 Å². The van der Waals surface area contributed by atoms with Crippen molar-refractivity contribution in [3.8, 4) is 51.0 Å². The number of hydrogen-bond donors (Lipinski definition) is 0. The normalized spacial score (nSPS) is 13.2. The van der Waals surface area contributed by atoms with E-state index in [2.05, 4.69) is 109 Å². The van der Waals surface area contributed by atoms with Gasteiger partial charge in [0.15, 0.2) is 17.5 Å². The van der Waals surface area contributed by atoms with Crippen LogP contribution in [0.2, 0.25) is 0 Å². The van der Waals surface area contributed by atoms with Crippen LogP contribution in [-0.4, -0.2) is 19.5 Å². The smallest absolute Gasteiger partial charge is 0.164 e. The lowest BCUT2D eigenvalue weighted by atomic mass is 9.81. The van der Waals surface area contributed by atoms with Gasteiger partial charge in [-0.25, -0.2) is 15.0 Å². The van der Waals surface area contributed by atoms with E-state index < -0.39 is 0 Å². The molecular weight excluding hydrogens is 649 g/mol. The zero-order valence-corrected chi connectivity index (χ0v) is 29.2. The highest BCUT2D eigenvalue weighted by molar-refractivity contribution is 6.18. The molecule has 11 rings (SSSR count). The van der Waals surface area contributed by atoms with Gasteiger partial charge in [-0.3, -0.25) is 0 Å². The molecule has 0 radical (unpaired) electrons. The molecule has 0 saturated carbocycles. The van der Waals surface area contributed by atoms with Crippen LogP contribution < -0.4 is 0 Å². The Kier molecular flexibility index (Phi) is 6.23. The number of nitrogens with zero attached hydrogens (tertiary/aromatic N) is 4. The molecule has 0 spiro atoms. The van der Waals surface area contributed by atoms with Gasteiger partial charge in [-0.1, -0.05) is 147 Å². The number of rotatable bonds is 4. The van der Waals surface area contributed by atoms with Crippen molar-refractivity contribution in [2.24, 2.45) is 0 Å². The number of fused-ring (bicyclic) bond motifs is 10. The van der Waals surface area contributed by atoms with Gasteiger partial charge in [-0.05, 0) is 41.0 Å². The number of hydrogen-bond acceptors (Lipinski definition) is 4. The summed E-state index contributed by atoms with van der Waals surface area (Å²) in [5, 5.41) is 4.48. The van der Waals surface area contributed by atoms with Crippen LogP contribution >= 0.6 is 0 Å². The van der Waals surface area contributed by atoms with Gasteiger partial charge in [0.05, 0.1) is 16.7 Å². The Morgan fingerprint density at radius 3 is 1.72 bits per heavy atom. The topological polar surface area (TPSA) is 56.7 Å². The molecule has 0 saturated heterocycles. The SMILES string of the molecule is CC1(C)c2ccccc2-c2c1c(-n1c3ccccc3c3ccccc31)cc1c2oc2cccc(-c3nc(-c4ccccc4)nc(-c4ccccc4)n3)c21. The van der Waals surface area contributed by atoms with Gasteiger partial charge in [-0.15, -0.1) is 0 Å². The first kappa shape index (κ1) is 29.8. The highest BCUT2D eigenvalue weighted by Crippen LogP contribution is 2.56. The first-order valence-corrected chi connectivity index (χ1v) is 18.0. The molecule has 3 heterocycles. The summed E-state index contributed by atoms with van der Waals surface area (Å²) in [4.78, 5) is 15.3. The largest absolute Gasteiger partial charge is 0.455 e. The summed E-state index contributed by atoms with van der Waals surface area (Å²) in [6.45, 7) is 4.69. The van der Waals surface area contributed by atoms with E-state index in [0.717, 1.165) is 49.9 Å². The minimum absolute atomic E-state index is 0.285. The molecule has 0 unspecified atom stereocenters. The monoisotopic (exact) mass is 680 g/mol. The van der Waals surface area contributed by atoms with Crippen molar-refractivity contribution >= 4 is 43.7 Å². The fourth-order valence-corrected chi connectivity index (χ4v) is 8.69. The average molecular weight is 681 g/mol. The maximum absolute atomic E-state index is 7.00. The van der Waals surface area contributed by atoms with E-state index in [1.165, 1.54) is 38.5 Å². The quantitative estimate of drug-likeness (QED) is 0.186. The molecule has 0 aliphatic heterocycles. The molecule has 53 heavy (non-hydrogen) atoms. The molecule has 0 N–H and O–H groups in total. The Hall–Kier alpha value is -6.85. The van der Waals surface area contributed by atoms with Crippen molar-refractivity contribution in [1.82, 2.24) is 19.5 Å². The number of benzene rings is 7. The van der Waals surface area contributed by atoms with Gasteiger partial charge in [-0.2, -0.15) is 0 Å². The maximum Gasteiger partial charge on any atom is 0.164 e. The second kappa shape index (κ2) is 11.1. The summed E-state index contributed by atoms with van der Waals surface area (Å²) in [7, 11) is 0. The van der Waals surface area contributed by atoms with Gasteiger partial charge in [0.25, 0.3) is 0 Å². The molecule has 10 aromatic rings. The van der Waals surface area contributed by atoms with Gasteiger partial charge in [0.1, 0.15) is 11.2 Å². The molecule has 1 aliphatic carbocycles. The summed E-state index contributed by atoms with van der Waals surface area (Å²) in [6.07, 6.45) is 0. The van der Waals surface area contributed by atoms with Crippen molar-refractivity contribution in [2.45, 2.75) is 19.3 Å². The van der Waals surface area contributed by atoms with E-state index in [1.807, 2.05) is 66.7 Å². The molecule has 0 amide bonds. The summed E-state index contributed by atoms with van der Waals surface area (Å²) < 4.78 is 9.46. The highest BCUT2D eigenvalue weighted by atomic mass is 16.3. The second-order valence-electron chi connectivity index (χ2n) is 14.4. The zero-order valence-electron chi connectivity index (χ0n) is 29.2. The fraction of sp³-hybridized carbons (Fsp3) is 0.0625. The molecule has 7 aromatic carbocycles. The number of furan rings is 1. The Labute approximate surface area is 305 Å². The minimum atomic E-state index is -0.285. The third-order valence-corrected chi connectivity index (χ3v) is 11.0. The minimum Gasteiger partial charge on any atom is -0.455 e. The third kappa shape index (κ3) is 4.28. The van der Waals surface area contributed by atoms with E-state index in [-0.39, 0.29) is 5.41 Å². The van der Waals surface area contributed by atoms with Crippen molar-refractivity contribution < 1.29 is 4.42 Å². The lowest BCUT2D eigenvalue weighted by Gasteiger charge is -2.25. The van der Waals surface area contributed by atoms with Gasteiger partial charge in [0.2, 0.25) is 0 Å². The van der Waals surface area contributed by atoms with E-state index in [9.17, 15) is 0 Å². The zero-order chi connectivity index (χ0) is 35.3. The predicted octanol–water partition coefficient (Wildman–Crippen LogP) is 12.2. The Morgan fingerprint density at radius 1 is 0.509 bits per heavy atom. The van der Waals surface area contributed by atoms with Crippen molar-refractivity contribution in [1.29, 1.82) is 0 Å². The molecule has 0 fully saturated rings. The van der Waals surface area contributed by atoms with Crippen molar-refractivity contribution in [3.05, 3.63) is 169 Å². The number of aromatic nitrogens is 4. The molecule has 0 atom stereocenters. The Balaban J connectivity index is 1.28. The third-order valence-electron chi connectivity index (χ3n) is 11.0. The molecular formula is C48H32N4O. The molecule has 5 nitrogen and oxygen atoms in total. The molecule has 0 bridgehead atoms. The van der Waals surface area contributed by atoms with E-state index in [4.69, 9.17) is 19.4 Å². The lowest BCUT2D eigenvalue weighted by Crippen LogP contribution is -2.18. The summed E-state index contributed by atoms with van der Waals surface area (Å²) in [5.74, 6) is 1.86. The first-order chi connectivity index (χ1) is 26.1. The Bertz CT molecular complexity index is 2970. The van der Waals surface area contributed by atoms with Crippen LogP contribution in [0.25, 0.3) is 94.7 Å². The Morgan fingerprint density at radius 2 is 1.06 bits per heavy atom. The predicted molar refractivity (Wildman–Crippen MR) is 215 cm³/mol. The highest BCUT2D eigenvalue weighted by Gasteiger charge is 2.41. The number of para-hydroxylation sites is 2. The van der Waals surface area contributed by atoms with E-state index in [0.29, 0.717) is 17.5 Å². The van der Waals surface area contributed by atoms with Crippen LogP contribution in [0.1, 0.15) is 25.0 Å². The van der Waals surface area contributed by atoms with Crippen LogP contribution in [0.4, 0.5) is 0 Å². The van der Waals surface area contributed by atoms with Crippen LogP contribution in [0.5, 0.6) is 0 Å². The van der Waals surface area contributed by atoms with Crippen LogP contribution in [-0.2, 0) is 5.41 Å². The molecule has 250 valence electrons. The van der Waals surface area contributed by atoms with E-state index in [1.54, 1.807) is 0 Å².